The number of rotatable bonds is 4. The van der Waals surface area contributed by atoms with Crippen molar-refractivity contribution >= 4 is 5.91 Å². The minimum absolute atomic E-state index is 0.142. The van der Waals surface area contributed by atoms with Crippen LogP contribution in [0.5, 0.6) is 0 Å². The summed E-state index contributed by atoms with van der Waals surface area (Å²) in [5.41, 5.74) is 6.91. The maximum absolute atomic E-state index is 11.6. The van der Waals surface area contributed by atoms with E-state index in [-0.39, 0.29) is 17.9 Å². The molecule has 0 aliphatic carbocycles. The second-order valence-corrected chi connectivity index (χ2v) is 4.93. The maximum atomic E-state index is 11.6. The molecule has 1 fully saturated rings. The lowest BCUT2D eigenvalue weighted by Crippen LogP contribution is -2.43. The van der Waals surface area contributed by atoms with E-state index in [4.69, 9.17) is 5.73 Å². The zero-order chi connectivity index (χ0) is 13.7. The second kappa shape index (κ2) is 6.63. The first kappa shape index (κ1) is 14.0. The number of nitrogens with two attached hydrogens (primary N) is 1. The zero-order valence-electron chi connectivity index (χ0n) is 11.4. The van der Waals surface area contributed by atoms with Crippen molar-refractivity contribution < 1.29 is 4.79 Å². The summed E-state index contributed by atoms with van der Waals surface area (Å²) in [5.74, 6) is 0.296. The highest BCUT2D eigenvalue weighted by Gasteiger charge is 2.28. The molecule has 5 heteroatoms. The van der Waals surface area contributed by atoms with E-state index < -0.39 is 0 Å². The lowest BCUT2D eigenvalue weighted by Gasteiger charge is -2.36. The summed E-state index contributed by atoms with van der Waals surface area (Å²) in [6.45, 7) is 2.36. The fourth-order valence-electron chi connectivity index (χ4n) is 2.71. The standard InChI is InChI=1S/C14H22N4O/c1-16-14(19)11-5-8-18(9-6-11)13(10-15)12-4-2-3-7-17-12/h2-4,7,11,13H,5-6,8-10,15H2,1H3,(H,16,19). The largest absolute Gasteiger partial charge is 0.359 e. The summed E-state index contributed by atoms with van der Waals surface area (Å²) in [6.07, 6.45) is 3.58. The van der Waals surface area contributed by atoms with E-state index in [1.165, 1.54) is 0 Å². The monoisotopic (exact) mass is 262 g/mol. The molecule has 0 spiro atoms. The van der Waals surface area contributed by atoms with Crippen molar-refractivity contribution in [3.8, 4) is 0 Å². The molecule has 104 valence electrons. The lowest BCUT2D eigenvalue weighted by molar-refractivity contribution is -0.126. The first-order chi connectivity index (χ1) is 9.26. The fraction of sp³-hybridized carbons (Fsp3) is 0.571. The number of hydrogen-bond acceptors (Lipinski definition) is 4. The predicted molar refractivity (Wildman–Crippen MR) is 74.4 cm³/mol. The third kappa shape index (κ3) is 3.30. The van der Waals surface area contributed by atoms with Gasteiger partial charge in [-0.1, -0.05) is 6.07 Å². The molecule has 2 heterocycles. The number of amides is 1. The SMILES string of the molecule is CNC(=O)C1CCN(C(CN)c2ccccn2)CC1. The molecule has 2 rings (SSSR count). The fourth-order valence-corrected chi connectivity index (χ4v) is 2.71. The van der Waals surface area contributed by atoms with Crippen LogP contribution in [-0.4, -0.2) is 42.5 Å². The van der Waals surface area contributed by atoms with Crippen LogP contribution in [0.25, 0.3) is 0 Å². The van der Waals surface area contributed by atoms with Crippen molar-refractivity contribution in [1.29, 1.82) is 0 Å². The number of piperidine rings is 1. The van der Waals surface area contributed by atoms with Crippen LogP contribution in [0.1, 0.15) is 24.6 Å². The van der Waals surface area contributed by atoms with Crippen LogP contribution in [0.2, 0.25) is 0 Å². The molecule has 1 aromatic rings. The first-order valence-electron chi connectivity index (χ1n) is 6.83. The summed E-state index contributed by atoms with van der Waals surface area (Å²) in [7, 11) is 1.70. The van der Waals surface area contributed by atoms with E-state index in [1.54, 1.807) is 13.2 Å². The van der Waals surface area contributed by atoms with Gasteiger partial charge in [0.15, 0.2) is 0 Å². The normalized spacial score (nSPS) is 19.1. The highest BCUT2D eigenvalue weighted by Crippen LogP contribution is 2.25. The van der Waals surface area contributed by atoms with Crippen LogP contribution in [0.3, 0.4) is 0 Å². The van der Waals surface area contributed by atoms with E-state index in [0.29, 0.717) is 6.54 Å². The zero-order valence-corrected chi connectivity index (χ0v) is 11.4. The molecule has 5 nitrogen and oxygen atoms in total. The molecule has 1 unspecified atom stereocenters. The van der Waals surface area contributed by atoms with E-state index in [0.717, 1.165) is 31.6 Å². The number of carbonyl (C=O) groups excluding carboxylic acids is 1. The average molecular weight is 262 g/mol. The van der Waals surface area contributed by atoms with E-state index >= 15 is 0 Å². The number of likely N-dealkylation sites (tertiary alicyclic amines) is 1. The molecule has 1 saturated heterocycles. The Morgan fingerprint density at radius 2 is 2.26 bits per heavy atom. The van der Waals surface area contributed by atoms with Gasteiger partial charge in [-0.05, 0) is 38.1 Å². The molecule has 1 amide bonds. The van der Waals surface area contributed by atoms with Crippen molar-refractivity contribution in [3.05, 3.63) is 30.1 Å². The molecule has 1 aliphatic heterocycles. The lowest BCUT2D eigenvalue weighted by atomic mass is 9.94. The van der Waals surface area contributed by atoms with Crippen molar-refractivity contribution in [2.45, 2.75) is 18.9 Å². The first-order valence-corrected chi connectivity index (χ1v) is 6.83. The number of nitrogens with zero attached hydrogens (tertiary/aromatic N) is 2. The molecule has 1 aromatic heterocycles. The van der Waals surface area contributed by atoms with Crippen molar-refractivity contribution in [3.63, 3.8) is 0 Å². The van der Waals surface area contributed by atoms with E-state index in [9.17, 15) is 4.79 Å². The van der Waals surface area contributed by atoms with Crippen LogP contribution in [0, 0.1) is 5.92 Å². The minimum atomic E-state index is 0.142. The van der Waals surface area contributed by atoms with Gasteiger partial charge >= 0.3 is 0 Å². The number of carbonyl (C=O) groups is 1. The van der Waals surface area contributed by atoms with Crippen molar-refractivity contribution in [1.82, 2.24) is 15.2 Å². The predicted octanol–water partition coefficient (Wildman–Crippen LogP) is 0.539. The van der Waals surface area contributed by atoms with Crippen LogP contribution in [0.15, 0.2) is 24.4 Å². The Balaban J connectivity index is 1.98. The molecular formula is C14H22N4O. The Hall–Kier alpha value is -1.46. The summed E-state index contributed by atoms with van der Waals surface area (Å²) < 4.78 is 0. The third-order valence-corrected chi connectivity index (χ3v) is 3.84. The molecule has 1 atom stereocenters. The average Bonchev–Trinajstić information content (AvgIpc) is 2.49. The van der Waals surface area contributed by atoms with Gasteiger partial charge in [0.25, 0.3) is 0 Å². The summed E-state index contributed by atoms with van der Waals surface area (Å²) in [5, 5.41) is 2.73. The maximum Gasteiger partial charge on any atom is 0.222 e. The Labute approximate surface area is 114 Å². The highest BCUT2D eigenvalue weighted by molar-refractivity contribution is 5.78. The minimum Gasteiger partial charge on any atom is -0.359 e. The summed E-state index contributed by atoms with van der Waals surface area (Å²) in [4.78, 5) is 18.3. The van der Waals surface area contributed by atoms with Gasteiger partial charge in [-0.3, -0.25) is 14.7 Å². The summed E-state index contributed by atoms with van der Waals surface area (Å²) in [6, 6.07) is 6.08. The Bertz CT molecular complexity index is 401. The van der Waals surface area contributed by atoms with Gasteiger partial charge in [-0.25, -0.2) is 0 Å². The number of aromatic nitrogens is 1. The molecule has 19 heavy (non-hydrogen) atoms. The second-order valence-electron chi connectivity index (χ2n) is 4.93. The van der Waals surface area contributed by atoms with Gasteiger partial charge in [0.05, 0.1) is 11.7 Å². The van der Waals surface area contributed by atoms with Crippen LogP contribution >= 0.6 is 0 Å². The quantitative estimate of drug-likeness (QED) is 0.831. The third-order valence-electron chi connectivity index (χ3n) is 3.84. The molecule has 3 N–H and O–H groups in total. The van der Waals surface area contributed by atoms with E-state index in [2.05, 4.69) is 15.2 Å². The number of nitrogens with one attached hydrogen (secondary N) is 1. The van der Waals surface area contributed by atoms with Gasteiger partial charge in [-0.2, -0.15) is 0 Å². The van der Waals surface area contributed by atoms with Gasteiger partial charge in [0, 0.05) is 25.7 Å². The molecule has 0 saturated carbocycles. The van der Waals surface area contributed by atoms with Gasteiger partial charge < -0.3 is 11.1 Å². The smallest absolute Gasteiger partial charge is 0.222 e. The van der Waals surface area contributed by atoms with Gasteiger partial charge in [0.2, 0.25) is 5.91 Å². The van der Waals surface area contributed by atoms with Crippen LogP contribution in [0.4, 0.5) is 0 Å². The van der Waals surface area contributed by atoms with Crippen molar-refractivity contribution in [2.75, 3.05) is 26.7 Å². The number of pyridine rings is 1. The highest BCUT2D eigenvalue weighted by atomic mass is 16.1. The molecule has 1 aliphatic rings. The van der Waals surface area contributed by atoms with Crippen LogP contribution < -0.4 is 11.1 Å². The van der Waals surface area contributed by atoms with Gasteiger partial charge in [-0.15, -0.1) is 0 Å². The summed E-state index contributed by atoms with van der Waals surface area (Å²) >= 11 is 0. The Kier molecular flexibility index (Phi) is 4.87. The number of hydrogen-bond donors (Lipinski definition) is 2. The Morgan fingerprint density at radius 3 is 2.79 bits per heavy atom. The molecule has 0 bridgehead atoms. The molecule has 0 radical (unpaired) electrons. The van der Waals surface area contributed by atoms with Gasteiger partial charge in [0.1, 0.15) is 0 Å². The molecule has 0 aromatic carbocycles. The van der Waals surface area contributed by atoms with E-state index in [1.807, 2.05) is 18.2 Å². The van der Waals surface area contributed by atoms with Crippen LogP contribution in [-0.2, 0) is 4.79 Å². The molecular weight excluding hydrogens is 240 g/mol. The Morgan fingerprint density at radius 1 is 1.53 bits per heavy atom. The topological polar surface area (TPSA) is 71.2 Å². The van der Waals surface area contributed by atoms with Crippen molar-refractivity contribution in [2.24, 2.45) is 11.7 Å².